The third-order valence-electron chi connectivity index (χ3n) is 1.71. The van der Waals surface area contributed by atoms with Crippen molar-refractivity contribution in [2.24, 2.45) is 0 Å². The average Bonchev–Trinajstić information content (AvgIpc) is 2.46. The van der Waals surface area contributed by atoms with Gasteiger partial charge >= 0.3 is 5.97 Å². The van der Waals surface area contributed by atoms with E-state index >= 15 is 0 Å². The number of hydrogen-bond donors (Lipinski definition) is 2. The summed E-state index contributed by atoms with van der Waals surface area (Å²) in [6.07, 6.45) is 0. The van der Waals surface area contributed by atoms with Gasteiger partial charge in [-0.05, 0) is 18.2 Å². The highest BCUT2D eigenvalue weighted by Gasteiger charge is 2.07. The van der Waals surface area contributed by atoms with Gasteiger partial charge in [0.15, 0.2) is 0 Å². The van der Waals surface area contributed by atoms with E-state index in [1.807, 2.05) is 0 Å². The third-order valence-corrected chi connectivity index (χ3v) is 1.95. The van der Waals surface area contributed by atoms with E-state index in [-0.39, 0.29) is 5.69 Å². The maximum atomic E-state index is 10.6. The van der Waals surface area contributed by atoms with Crippen LogP contribution in [0.3, 0.4) is 0 Å². The molecule has 65 valence electrons. The molecule has 2 N–H and O–H groups in total. The Bertz CT molecular complexity index is 475. The van der Waals surface area contributed by atoms with Crippen molar-refractivity contribution in [2.45, 2.75) is 0 Å². The molecule has 0 aliphatic rings. The molecule has 0 fully saturated rings. The van der Waals surface area contributed by atoms with Crippen molar-refractivity contribution in [3.05, 3.63) is 35.0 Å². The van der Waals surface area contributed by atoms with E-state index in [1.54, 1.807) is 18.2 Å². The number of fused-ring (bicyclic) bond motifs is 1. The topological polar surface area (TPSA) is 53.1 Å². The van der Waals surface area contributed by atoms with Crippen LogP contribution in [-0.4, -0.2) is 16.1 Å². The van der Waals surface area contributed by atoms with Gasteiger partial charge in [0.2, 0.25) is 0 Å². The van der Waals surface area contributed by atoms with Gasteiger partial charge in [-0.1, -0.05) is 11.6 Å². The number of halogens is 1. The van der Waals surface area contributed by atoms with E-state index in [0.717, 1.165) is 5.52 Å². The Morgan fingerprint density at radius 2 is 2.31 bits per heavy atom. The average molecular weight is 195 g/mol. The number of H-pyrrole nitrogens is 1. The molecule has 1 aromatic carbocycles. The van der Waals surface area contributed by atoms with Crippen molar-refractivity contribution in [3.8, 4) is 0 Å². The summed E-state index contributed by atoms with van der Waals surface area (Å²) in [6, 6.07) is 7.78. The molecule has 1 radical (unpaired) electrons. The smallest absolute Gasteiger partial charge is 0.352 e. The fourth-order valence-electron chi connectivity index (χ4n) is 1.14. The Morgan fingerprint density at radius 1 is 1.54 bits per heavy atom. The molecule has 0 unspecified atom stereocenters. The van der Waals surface area contributed by atoms with Gasteiger partial charge in [0.25, 0.3) is 0 Å². The zero-order chi connectivity index (χ0) is 9.42. The Hall–Kier alpha value is -1.48. The van der Waals surface area contributed by atoms with Crippen LogP contribution in [0.5, 0.6) is 0 Å². The summed E-state index contributed by atoms with van der Waals surface area (Å²) in [4.78, 5) is 13.3. The molecular formula is C9H5ClNO2. The molecular weight excluding hydrogens is 190 g/mol. The predicted octanol–water partition coefficient (Wildman–Crippen LogP) is 2.32. The summed E-state index contributed by atoms with van der Waals surface area (Å²) in [5.74, 6) is -1.02. The van der Waals surface area contributed by atoms with Crippen molar-refractivity contribution < 1.29 is 9.90 Å². The predicted molar refractivity (Wildman–Crippen MR) is 49.1 cm³/mol. The van der Waals surface area contributed by atoms with Gasteiger partial charge in [-0.15, -0.1) is 0 Å². The quantitative estimate of drug-likeness (QED) is 0.732. The lowest BCUT2D eigenvalue weighted by Crippen LogP contribution is -1.94. The molecule has 0 saturated heterocycles. The molecule has 0 atom stereocenters. The molecule has 0 spiro atoms. The zero-order valence-corrected chi connectivity index (χ0v) is 7.22. The number of rotatable bonds is 1. The first kappa shape index (κ1) is 8.13. The van der Waals surface area contributed by atoms with E-state index in [9.17, 15) is 4.79 Å². The molecule has 2 aromatic rings. The minimum Gasteiger partial charge on any atom is -0.477 e. The first-order valence-electron chi connectivity index (χ1n) is 3.60. The second-order valence-corrected chi connectivity index (χ2v) is 3.06. The standard InChI is InChI=1S/C9H5ClNO2/c10-6-1-2-7-5(3-6)4-8(11-7)9(12)13/h1-3,11H,(H,12,13). The van der Waals surface area contributed by atoms with Crippen LogP contribution in [0.1, 0.15) is 10.5 Å². The highest BCUT2D eigenvalue weighted by atomic mass is 35.5. The Labute approximate surface area is 78.9 Å². The number of aromatic nitrogens is 1. The van der Waals surface area contributed by atoms with Crippen LogP contribution in [-0.2, 0) is 0 Å². The summed E-state index contributed by atoms with van der Waals surface area (Å²) >= 11 is 5.73. The number of aromatic carboxylic acids is 1. The maximum Gasteiger partial charge on any atom is 0.352 e. The number of nitrogens with one attached hydrogen (secondary N) is 1. The summed E-state index contributed by atoms with van der Waals surface area (Å²) in [7, 11) is 0. The molecule has 1 aromatic heterocycles. The van der Waals surface area contributed by atoms with Crippen molar-refractivity contribution >= 4 is 28.5 Å². The Balaban J connectivity index is 2.68. The van der Waals surface area contributed by atoms with Gasteiger partial charge in [0.1, 0.15) is 5.69 Å². The van der Waals surface area contributed by atoms with Gasteiger partial charge < -0.3 is 10.1 Å². The highest BCUT2D eigenvalue weighted by Crippen LogP contribution is 2.19. The molecule has 1 heterocycles. The molecule has 4 heteroatoms. The second-order valence-electron chi connectivity index (χ2n) is 2.62. The molecule has 0 saturated carbocycles. The monoisotopic (exact) mass is 194 g/mol. The lowest BCUT2D eigenvalue weighted by atomic mass is 10.2. The van der Waals surface area contributed by atoms with Gasteiger partial charge in [-0.3, -0.25) is 0 Å². The summed E-state index contributed by atoms with van der Waals surface area (Å²) in [5, 5.41) is 9.91. The van der Waals surface area contributed by atoms with E-state index in [2.05, 4.69) is 11.1 Å². The highest BCUT2D eigenvalue weighted by molar-refractivity contribution is 6.31. The number of carbonyl (C=O) groups is 1. The second kappa shape index (κ2) is 2.78. The summed E-state index contributed by atoms with van der Waals surface area (Å²) < 4.78 is 0. The minimum atomic E-state index is -1.02. The fourth-order valence-corrected chi connectivity index (χ4v) is 1.31. The number of carboxylic acid groups (broad SMARTS) is 1. The van der Waals surface area contributed by atoms with Crippen LogP contribution in [0.15, 0.2) is 18.2 Å². The molecule has 2 rings (SSSR count). The van der Waals surface area contributed by atoms with Crippen LogP contribution >= 0.6 is 11.6 Å². The van der Waals surface area contributed by atoms with Crippen LogP contribution in [0.25, 0.3) is 10.9 Å². The van der Waals surface area contributed by atoms with E-state index in [0.29, 0.717) is 10.4 Å². The molecule has 0 bridgehead atoms. The molecule has 0 amide bonds. The molecule has 13 heavy (non-hydrogen) atoms. The van der Waals surface area contributed by atoms with Crippen LogP contribution in [0.4, 0.5) is 0 Å². The van der Waals surface area contributed by atoms with Gasteiger partial charge in [-0.2, -0.15) is 0 Å². The minimum absolute atomic E-state index is 0.0530. The first-order chi connectivity index (χ1) is 6.16. The summed E-state index contributed by atoms with van der Waals surface area (Å²) in [6.45, 7) is 0. The van der Waals surface area contributed by atoms with Gasteiger partial charge in [0.05, 0.1) is 0 Å². The Morgan fingerprint density at radius 3 is 3.00 bits per heavy atom. The fraction of sp³-hybridized carbons (Fsp3) is 0. The van der Waals surface area contributed by atoms with Gasteiger partial charge in [-0.25, -0.2) is 4.79 Å². The summed E-state index contributed by atoms with van der Waals surface area (Å²) in [5.41, 5.74) is 0.777. The lowest BCUT2D eigenvalue weighted by molar-refractivity contribution is 0.0691. The number of carboxylic acids is 1. The van der Waals surface area contributed by atoms with Crippen molar-refractivity contribution in [1.82, 2.24) is 4.98 Å². The number of hydrogen-bond acceptors (Lipinski definition) is 1. The van der Waals surface area contributed by atoms with Crippen LogP contribution < -0.4 is 0 Å². The van der Waals surface area contributed by atoms with Crippen LogP contribution in [0.2, 0.25) is 5.02 Å². The lowest BCUT2D eigenvalue weighted by Gasteiger charge is -1.88. The SMILES string of the molecule is O=C(O)c1[c]c2cc(Cl)ccc2[nH]1. The number of aromatic amines is 1. The van der Waals surface area contributed by atoms with Crippen molar-refractivity contribution in [3.63, 3.8) is 0 Å². The maximum absolute atomic E-state index is 10.6. The van der Waals surface area contributed by atoms with E-state index in [4.69, 9.17) is 16.7 Å². The first-order valence-corrected chi connectivity index (χ1v) is 3.98. The molecule has 0 aliphatic carbocycles. The van der Waals surface area contributed by atoms with Crippen molar-refractivity contribution in [2.75, 3.05) is 0 Å². The van der Waals surface area contributed by atoms with Crippen molar-refractivity contribution in [1.29, 1.82) is 0 Å². The Kier molecular flexibility index (Phi) is 1.74. The van der Waals surface area contributed by atoms with E-state index < -0.39 is 5.97 Å². The van der Waals surface area contributed by atoms with Gasteiger partial charge in [0, 0.05) is 22.0 Å². The zero-order valence-electron chi connectivity index (χ0n) is 6.47. The molecule has 0 aliphatic heterocycles. The third kappa shape index (κ3) is 1.38. The molecule has 3 nitrogen and oxygen atoms in total. The number of benzene rings is 1. The normalized spacial score (nSPS) is 10.5. The largest absolute Gasteiger partial charge is 0.477 e. The van der Waals surface area contributed by atoms with Crippen LogP contribution in [0, 0.1) is 6.07 Å². The van der Waals surface area contributed by atoms with E-state index in [1.165, 1.54) is 0 Å².